The van der Waals surface area contributed by atoms with Gasteiger partial charge in [0.05, 0.1) is 0 Å². The summed E-state index contributed by atoms with van der Waals surface area (Å²) in [6.45, 7) is 8.40. The number of likely N-dealkylation sites (tertiary alicyclic amines) is 1. The second kappa shape index (κ2) is 6.99. The summed E-state index contributed by atoms with van der Waals surface area (Å²) < 4.78 is 2.08. The lowest BCUT2D eigenvalue weighted by Crippen LogP contribution is -2.41. The summed E-state index contributed by atoms with van der Waals surface area (Å²) in [5.74, 6) is 2.63. The molecule has 2 atom stereocenters. The van der Waals surface area contributed by atoms with Gasteiger partial charge in [-0.1, -0.05) is 29.3 Å². The maximum Gasteiger partial charge on any atom is 0.289 e. The summed E-state index contributed by atoms with van der Waals surface area (Å²) in [7, 11) is 0. The Morgan fingerprint density at radius 3 is 2.54 bits per heavy atom. The fraction of sp³-hybridized carbons (Fsp3) is 0.591. The zero-order valence-corrected chi connectivity index (χ0v) is 16.8. The van der Waals surface area contributed by atoms with Crippen molar-refractivity contribution in [3.63, 3.8) is 0 Å². The highest BCUT2D eigenvalue weighted by Gasteiger charge is 2.39. The molecule has 2 aromatic rings. The molecule has 6 nitrogen and oxygen atoms in total. The zero-order chi connectivity index (χ0) is 19.3. The van der Waals surface area contributed by atoms with Crippen LogP contribution in [-0.4, -0.2) is 44.7 Å². The Labute approximate surface area is 166 Å². The molecule has 148 valence electrons. The minimum atomic E-state index is -0.0491. The van der Waals surface area contributed by atoms with Crippen LogP contribution in [0.2, 0.25) is 0 Å². The largest absolute Gasteiger partial charge is 0.347 e. The van der Waals surface area contributed by atoms with Crippen molar-refractivity contribution in [1.82, 2.24) is 25.0 Å². The number of hydrogen-bond donors (Lipinski definition) is 1. The van der Waals surface area contributed by atoms with Crippen molar-refractivity contribution in [2.24, 2.45) is 11.8 Å². The highest BCUT2D eigenvalue weighted by Crippen LogP contribution is 2.33. The Morgan fingerprint density at radius 1 is 1.07 bits per heavy atom. The molecular weight excluding hydrogens is 350 g/mol. The lowest BCUT2D eigenvalue weighted by molar-refractivity contribution is 0.0898. The van der Waals surface area contributed by atoms with Gasteiger partial charge in [-0.3, -0.25) is 9.69 Å². The second-order valence-corrected chi connectivity index (χ2v) is 9.07. The van der Waals surface area contributed by atoms with Gasteiger partial charge in [0.1, 0.15) is 5.82 Å². The maximum atomic E-state index is 12.6. The van der Waals surface area contributed by atoms with Crippen molar-refractivity contribution in [3.05, 3.63) is 46.5 Å². The number of nitrogens with zero attached hydrogens (tertiary/aromatic N) is 4. The summed E-state index contributed by atoms with van der Waals surface area (Å²) in [5.41, 5.74) is 4.07. The van der Waals surface area contributed by atoms with E-state index in [2.05, 4.69) is 57.0 Å². The normalized spacial score (nSPS) is 24.5. The Kier molecular flexibility index (Phi) is 4.46. The van der Waals surface area contributed by atoms with E-state index in [9.17, 15) is 4.79 Å². The molecule has 1 saturated carbocycles. The number of hydrogen-bond acceptors (Lipinski definition) is 4. The Balaban J connectivity index is 1.27. The third-order valence-electron chi connectivity index (χ3n) is 6.67. The summed E-state index contributed by atoms with van der Waals surface area (Å²) in [4.78, 5) is 15.2. The van der Waals surface area contributed by atoms with Gasteiger partial charge in [0, 0.05) is 38.6 Å². The lowest BCUT2D eigenvalue weighted by Gasteiger charge is -2.28. The van der Waals surface area contributed by atoms with Crippen LogP contribution in [0.15, 0.2) is 18.2 Å². The molecule has 1 aliphatic carbocycles. The Bertz CT molecular complexity index is 880. The number of nitrogens with one attached hydrogen (secondary N) is 1. The van der Waals surface area contributed by atoms with Crippen molar-refractivity contribution in [1.29, 1.82) is 0 Å². The number of aryl methyl sites for hydroxylation is 2. The van der Waals surface area contributed by atoms with Gasteiger partial charge < -0.3 is 9.88 Å². The summed E-state index contributed by atoms with van der Waals surface area (Å²) >= 11 is 0. The molecule has 1 N–H and O–H groups in total. The van der Waals surface area contributed by atoms with Crippen molar-refractivity contribution in [2.75, 3.05) is 13.1 Å². The van der Waals surface area contributed by atoms with E-state index < -0.39 is 0 Å². The van der Waals surface area contributed by atoms with Crippen LogP contribution >= 0.6 is 0 Å². The van der Waals surface area contributed by atoms with Gasteiger partial charge in [-0.05, 0) is 50.5 Å². The van der Waals surface area contributed by atoms with Crippen LogP contribution in [0.1, 0.15) is 52.4 Å². The van der Waals surface area contributed by atoms with Crippen LogP contribution < -0.4 is 5.32 Å². The molecule has 2 aliphatic heterocycles. The van der Waals surface area contributed by atoms with E-state index in [0.717, 1.165) is 51.3 Å². The van der Waals surface area contributed by atoms with Crippen molar-refractivity contribution < 1.29 is 4.79 Å². The number of carbonyl (C=O) groups excluding carboxylic acids is 1. The SMILES string of the molecule is Cc1cc(C)cc(CN2C[C@H]3Cc4nnc(C(=O)NC5CCC5)n4C[C@@H]3C2)c1. The minimum absolute atomic E-state index is 0.0491. The van der Waals surface area contributed by atoms with Crippen molar-refractivity contribution >= 4 is 5.91 Å². The van der Waals surface area contributed by atoms with Gasteiger partial charge in [-0.2, -0.15) is 0 Å². The standard InChI is InChI=1S/C22H29N5O/c1-14-6-15(2)8-16(7-14)10-26-11-17-9-20-24-25-21(27(20)13-18(17)12-26)22(28)23-19-4-3-5-19/h6-8,17-19H,3-5,9-13H2,1-2H3,(H,23,28)/t17-,18+/m1/s1. The molecule has 5 rings (SSSR count). The van der Waals surface area contributed by atoms with Crippen LogP contribution in [0.3, 0.4) is 0 Å². The quantitative estimate of drug-likeness (QED) is 0.887. The molecule has 0 radical (unpaired) electrons. The van der Waals surface area contributed by atoms with Gasteiger partial charge in [0.2, 0.25) is 5.82 Å². The van der Waals surface area contributed by atoms with Gasteiger partial charge in [-0.15, -0.1) is 10.2 Å². The fourth-order valence-electron chi connectivity index (χ4n) is 5.14. The summed E-state index contributed by atoms with van der Waals surface area (Å²) in [6.07, 6.45) is 4.32. The van der Waals surface area contributed by atoms with Crippen LogP contribution in [-0.2, 0) is 19.5 Å². The van der Waals surface area contributed by atoms with Crippen molar-refractivity contribution in [3.8, 4) is 0 Å². The van der Waals surface area contributed by atoms with E-state index in [1.165, 1.54) is 23.1 Å². The van der Waals surface area contributed by atoms with E-state index in [1.54, 1.807) is 0 Å². The molecule has 3 heterocycles. The van der Waals surface area contributed by atoms with E-state index in [1.807, 2.05) is 0 Å². The maximum absolute atomic E-state index is 12.6. The first-order valence-electron chi connectivity index (χ1n) is 10.6. The molecule has 28 heavy (non-hydrogen) atoms. The number of aromatic nitrogens is 3. The average molecular weight is 380 g/mol. The average Bonchev–Trinajstić information content (AvgIpc) is 3.17. The van der Waals surface area contributed by atoms with Gasteiger partial charge in [0.25, 0.3) is 5.91 Å². The highest BCUT2D eigenvalue weighted by atomic mass is 16.2. The monoisotopic (exact) mass is 379 g/mol. The van der Waals surface area contributed by atoms with Gasteiger partial charge in [0.15, 0.2) is 0 Å². The molecular formula is C22H29N5O. The molecule has 1 amide bonds. The molecule has 3 aliphatic rings. The molecule has 0 spiro atoms. The van der Waals surface area contributed by atoms with Crippen molar-refractivity contribution in [2.45, 2.75) is 58.7 Å². The van der Waals surface area contributed by atoms with E-state index >= 15 is 0 Å². The molecule has 0 unspecified atom stereocenters. The zero-order valence-electron chi connectivity index (χ0n) is 16.8. The van der Waals surface area contributed by atoms with Gasteiger partial charge in [-0.25, -0.2) is 0 Å². The number of rotatable bonds is 4. The number of amides is 1. The topological polar surface area (TPSA) is 63.1 Å². The predicted octanol–water partition coefficient (Wildman–Crippen LogP) is 2.48. The Morgan fingerprint density at radius 2 is 1.82 bits per heavy atom. The summed E-state index contributed by atoms with van der Waals surface area (Å²) in [5, 5.41) is 11.7. The van der Waals surface area contributed by atoms with E-state index in [0.29, 0.717) is 23.7 Å². The second-order valence-electron chi connectivity index (χ2n) is 9.07. The molecule has 1 aromatic carbocycles. The third-order valence-corrected chi connectivity index (χ3v) is 6.67. The minimum Gasteiger partial charge on any atom is -0.347 e. The smallest absolute Gasteiger partial charge is 0.289 e. The molecule has 6 heteroatoms. The molecule has 1 aromatic heterocycles. The first-order valence-corrected chi connectivity index (χ1v) is 10.6. The first kappa shape index (κ1) is 17.9. The van der Waals surface area contributed by atoms with E-state index in [-0.39, 0.29) is 5.91 Å². The van der Waals surface area contributed by atoms with E-state index in [4.69, 9.17) is 0 Å². The van der Waals surface area contributed by atoms with Crippen LogP contribution in [0.25, 0.3) is 0 Å². The van der Waals surface area contributed by atoms with Crippen LogP contribution in [0.4, 0.5) is 0 Å². The van der Waals surface area contributed by atoms with Gasteiger partial charge >= 0.3 is 0 Å². The Hall–Kier alpha value is -2.21. The number of fused-ring (bicyclic) bond motifs is 2. The fourth-order valence-corrected chi connectivity index (χ4v) is 5.14. The predicted molar refractivity (Wildman–Crippen MR) is 107 cm³/mol. The van der Waals surface area contributed by atoms with Crippen LogP contribution in [0.5, 0.6) is 0 Å². The first-order chi connectivity index (χ1) is 13.5. The third kappa shape index (κ3) is 3.34. The molecule has 2 fully saturated rings. The van der Waals surface area contributed by atoms with Crippen LogP contribution in [0, 0.1) is 25.7 Å². The molecule has 1 saturated heterocycles. The molecule has 0 bridgehead atoms. The lowest BCUT2D eigenvalue weighted by atomic mass is 9.89. The highest BCUT2D eigenvalue weighted by molar-refractivity contribution is 5.91. The number of benzene rings is 1. The summed E-state index contributed by atoms with van der Waals surface area (Å²) in [6, 6.07) is 7.16. The number of carbonyl (C=O) groups is 1.